The van der Waals surface area contributed by atoms with Gasteiger partial charge in [-0.3, -0.25) is 4.99 Å². The smallest absolute Gasteiger partial charge is 0.291 e. The highest BCUT2D eigenvalue weighted by Crippen LogP contribution is 2.10. The normalized spacial score (nSPS) is 9.27. The Labute approximate surface area is 129 Å². The minimum atomic E-state index is -1.50. The highest BCUT2D eigenvalue weighted by molar-refractivity contribution is 5.75. The first-order chi connectivity index (χ1) is 10.5. The second-order valence-electron chi connectivity index (χ2n) is 4.47. The summed E-state index contributed by atoms with van der Waals surface area (Å²) in [5.74, 6) is 1.14. The van der Waals surface area contributed by atoms with Crippen LogP contribution in [-0.4, -0.2) is 29.4 Å². The van der Waals surface area contributed by atoms with Gasteiger partial charge in [0.2, 0.25) is 0 Å². The van der Waals surface area contributed by atoms with E-state index < -0.39 is 5.09 Å². The SMILES string of the molecule is NC(N)=NCCCCCCCOc1ccccc1.O=[N+]([O-])O. The van der Waals surface area contributed by atoms with E-state index in [1.165, 1.54) is 19.3 Å². The number of hydrogen-bond donors (Lipinski definition) is 3. The Hall–Kier alpha value is -2.51. The Bertz CT molecular complexity index is 418. The van der Waals surface area contributed by atoms with Crippen molar-refractivity contribution in [1.29, 1.82) is 0 Å². The van der Waals surface area contributed by atoms with Crippen LogP contribution in [0.3, 0.4) is 0 Å². The van der Waals surface area contributed by atoms with Crippen LogP contribution in [0.15, 0.2) is 35.3 Å². The molecule has 0 atom stereocenters. The van der Waals surface area contributed by atoms with Crippen LogP contribution < -0.4 is 16.2 Å². The van der Waals surface area contributed by atoms with E-state index in [-0.39, 0.29) is 5.96 Å². The number of guanidine groups is 1. The van der Waals surface area contributed by atoms with Gasteiger partial charge in [0, 0.05) is 6.54 Å². The highest BCUT2D eigenvalue weighted by Gasteiger charge is 1.93. The van der Waals surface area contributed by atoms with Crippen molar-refractivity contribution in [1.82, 2.24) is 0 Å². The molecule has 0 amide bonds. The van der Waals surface area contributed by atoms with Crippen LogP contribution in [0.25, 0.3) is 0 Å². The topological polar surface area (TPSA) is 137 Å². The summed E-state index contributed by atoms with van der Waals surface area (Å²) >= 11 is 0. The van der Waals surface area contributed by atoms with Gasteiger partial charge in [0.15, 0.2) is 5.96 Å². The summed E-state index contributed by atoms with van der Waals surface area (Å²) in [6.45, 7) is 1.53. The van der Waals surface area contributed by atoms with Crippen LogP contribution >= 0.6 is 0 Å². The van der Waals surface area contributed by atoms with E-state index in [0.717, 1.165) is 31.7 Å². The summed E-state index contributed by atoms with van der Waals surface area (Å²) in [4.78, 5) is 12.3. The number of hydrogen-bond acceptors (Lipinski definition) is 4. The molecule has 0 aliphatic heterocycles. The van der Waals surface area contributed by atoms with Crippen LogP contribution in [-0.2, 0) is 0 Å². The van der Waals surface area contributed by atoms with Gasteiger partial charge >= 0.3 is 0 Å². The predicted molar refractivity (Wildman–Crippen MR) is 84.5 cm³/mol. The number of nitrogens with two attached hydrogens (primary N) is 2. The molecule has 1 rings (SSSR count). The lowest BCUT2D eigenvalue weighted by Gasteiger charge is -2.05. The number of ether oxygens (including phenoxy) is 1. The fourth-order valence-corrected chi connectivity index (χ4v) is 1.66. The molecule has 1 aromatic carbocycles. The maximum atomic E-state index is 8.36. The number of unbranched alkanes of at least 4 members (excludes halogenated alkanes) is 4. The quantitative estimate of drug-likeness (QED) is 0.209. The van der Waals surface area contributed by atoms with E-state index in [0.29, 0.717) is 0 Å². The molecule has 0 saturated carbocycles. The highest BCUT2D eigenvalue weighted by atomic mass is 16.9. The standard InChI is InChI=1S/C14H23N3O.HNO3/c15-14(16)17-11-7-2-1-3-8-12-18-13-9-5-4-6-10-13;2-1(3)4/h4-6,9-10H,1-3,7-8,11-12H2,(H4,15,16,17);(H,2,3,4). The third-order valence-electron chi connectivity index (χ3n) is 2.61. The van der Waals surface area contributed by atoms with E-state index >= 15 is 0 Å². The molecule has 0 bridgehead atoms. The van der Waals surface area contributed by atoms with Crippen molar-refractivity contribution in [2.75, 3.05) is 13.2 Å². The van der Waals surface area contributed by atoms with Crippen LogP contribution in [0, 0.1) is 10.1 Å². The molecule has 0 aromatic heterocycles. The number of para-hydroxylation sites is 1. The summed E-state index contributed by atoms with van der Waals surface area (Å²) in [5.41, 5.74) is 10.5. The monoisotopic (exact) mass is 312 g/mol. The Morgan fingerprint density at radius 2 is 1.68 bits per heavy atom. The molecule has 0 saturated heterocycles. The fraction of sp³-hybridized carbons (Fsp3) is 0.500. The van der Waals surface area contributed by atoms with E-state index in [1.54, 1.807) is 0 Å². The van der Waals surface area contributed by atoms with E-state index in [2.05, 4.69) is 4.99 Å². The van der Waals surface area contributed by atoms with Crippen molar-refractivity contribution >= 4 is 5.96 Å². The zero-order chi connectivity index (χ0) is 16.6. The van der Waals surface area contributed by atoms with Gasteiger partial charge < -0.3 is 21.4 Å². The fourth-order valence-electron chi connectivity index (χ4n) is 1.66. The third-order valence-corrected chi connectivity index (χ3v) is 2.61. The van der Waals surface area contributed by atoms with Crippen molar-refractivity contribution in [3.8, 4) is 5.75 Å². The molecule has 22 heavy (non-hydrogen) atoms. The zero-order valence-electron chi connectivity index (χ0n) is 12.6. The summed E-state index contributed by atoms with van der Waals surface area (Å²) in [7, 11) is 0. The average Bonchev–Trinajstić information content (AvgIpc) is 2.46. The van der Waals surface area contributed by atoms with Gasteiger partial charge in [0.05, 0.1) is 6.61 Å². The van der Waals surface area contributed by atoms with Crippen molar-refractivity contribution < 1.29 is 15.0 Å². The maximum absolute atomic E-state index is 8.36. The third kappa shape index (κ3) is 15.5. The first-order valence-electron chi connectivity index (χ1n) is 7.09. The number of benzene rings is 1. The zero-order valence-corrected chi connectivity index (χ0v) is 12.6. The van der Waals surface area contributed by atoms with Crippen molar-refractivity contribution in [2.24, 2.45) is 16.5 Å². The second kappa shape index (κ2) is 13.5. The lowest BCUT2D eigenvalue weighted by Crippen LogP contribution is -2.22. The van der Waals surface area contributed by atoms with Gasteiger partial charge in [0.1, 0.15) is 5.75 Å². The molecule has 8 heteroatoms. The lowest BCUT2D eigenvalue weighted by molar-refractivity contribution is -0.742. The van der Waals surface area contributed by atoms with Gasteiger partial charge in [-0.05, 0) is 25.0 Å². The molecule has 0 radical (unpaired) electrons. The van der Waals surface area contributed by atoms with Gasteiger partial charge in [-0.2, -0.15) is 0 Å². The first kappa shape index (κ1) is 19.5. The van der Waals surface area contributed by atoms with Crippen LogP contribution in [0.2, 0.25) is 0 Å². The average molecular weight is 312 g/mol. The largest absolute Gasteiger partial charge is 0.494 e. The van der Waals surface area contributed by atoms with Gasteiger partial charge in [0.25, 0.3) is 5.09 Å². The molecule has 8 nitrogen and oxygen atoms in total. The van der Waals surface area contributed by atoms with Gasteiger partial charge in [-0.25, -0.2) is 0 Å². The lowest BCUT2D eigenvalue weighted by atomic mass is 10.1. The summed E-state index contributed by atoms with van der Waals surface area (Å²) in [5, 5.41) is 13.6. The molecule has 0 spiro atoms. The van der Waals surface area contributed by atoms with Crippen molar-refractivity contribution in [2.45, 2.75) is 32.1 Å². The van der Waals surface area contributed by atoms with Crippen LogP contribution in [0.5, 0.6) is 5.75 Å². The van der Waals surface area contributed by atoms with E-state index in [1.807, 2.05) is 30.3 Å². The Kier molecular flexibility index (Phi) is 11.9. The molecule has 124 valence electrons. The second-order valence-corrected chi connectivity index (χ2v) is 4.47. The number of nitrogens with zero attached hydrogens (tertiary/aromatic N) is 2. The molecule has 1 aromatic rings. The minimum Gasteiger partial charge on any atom is -0.494 e. The van der Waals surface area contributed by atoms with Crippen molar-refractivity contribution in [3.63, 3.8) is 0 Å². The Balaban J connectivity index is 0.000000980. The predicted octanol–water partition coefficient (Wildman–Crippen LogP) is 1.94. The molecule has 5 N–H and O–H groups in total. The minimum absolute atomic E-state index is 0.186. The maximum Gasteiger partial charge on any atom is 0.291 e. The van der Waals surface area contributed by atoms with Crippen molar-refractivity contribution in [3.05, 3.63) is 40.4 Å². The van der Waals surface area contributed by atoms with E-state index in [4.69, 9.17) is 31.5 Å². The summed E-state index contributed by atoms with van der Waals surface area (Å²) < 4.78 is 5.61. The number of aliphatic imine (C=N–C) groups is 1. The molecule has 0 aliphatic rings. The summed E-state index contributed by atoms with van der Waals surface area (Å²) in [6, 6.07) is 9.92. The van der Waals surface area contributed by atoms with Gasteiger partial charge in [-0.15, -0.1) is 10.1 Å². The van der Waals surface area contributed by atoms with Gasteiger partial charge in [-0.1, -0.05) is 37.5 Å². The first-order valence-corrected chi connectivity index (χ1v) is 7.09. The summed E-state index contributed by atoms with van der Waals surface area (Å²) in [6.07, 6.45) is 5.71. The molecule has 0 aliphatic carbocycles. The molecule has 0 unspecified atom stereocenters. The van der Waals surface area contributed by atoms with E-state index in [9.17, 15) is 0 Å². The molecule has 0 heterocycles. The van der Waals surface area contributed by atoms with Crippen LogP contribution in [0.4, 0.5) is 0 Å². The van der Waals surface area contributed by atoms with Crippen LogP contribution in [0.1, 0.15) is 32.1 Å². The Morgan fingerprint density at radius 1 is 1.14 bits per heavy atom. The number of rotatable bonds is 9. The molecular formula is C14H24N4O4. The Morgan fingerprint density at radius 3 is 2.27 bits per heavy atom. The molecular weight excluding hydrogens is 288 g/mol. The molecule has 0 fully saturated rings.